The summed E-state index contributed by atoms with van der Waals surface area (Å²) in [5.41, 5.74) is 2.54. The lowest BCUT2D eigenvalue weighted by Crippen LogP contribution is -2.32. The Bertz CT molecular complexity index is 1400. The minimum atomic E-state index is -3.79. The number of amides is 1. The van der Waals surface area contributed by atoms with Crippen LogP contribution in [0.3, 0.4) is 0 Å². The number of nitrogens with zero attached hydrogens (tertiary/aromatic N) is 3. The van der Waals surface area contributed by atoms with Gasteiger partial charge in [0.05, 0.1) is 4.90 Å². The highest BCUT2D eigenvalue weighted by atomic mass is 32.2. The van der Waals surface area contributed by atoms with Crippen molar-refractivity contribution in [3.63, 3.8) is 0 Å². The number of benzene rings is 2. The van der Waals surface area contributed by atoms with E-state index in [1.807, 2.05) is 32.9 Å². The van der Waals surface area contributed by atoms with Crippen molar-refractivity contribution in [3.05, 3.63) is 90.1 Å². The van der Waals surface area contributed by atoms with E-state index in [9.17, 15) is 13.2 Å². The third-order valence-electron chi connectivity index (χ3n) is 5.33. The van der Waals surface area contributed by atoms with Crippen LogP contribution in [0.1, 0.15) is 41.7 Å². The number of carbonyl (C=O) groups excluding carboxylic acids is 1. The van der Waals surface area contributed by atoms with Gasteiger partial charge in [-0.3, -0.25) is 14.5 Å². The lowest BCUT2D eigenvalue weighted by atomic mass is 10.0. The fourth-order valence-electron chi connectivity index (χ4n) is 3.34. The lowest BCUT2D eigenvalue weighted by Gasteiger charge is -2.18. The zero-order chi connectivity index (χ0) is 25.0. The number of anilines is 1. The average Bonchev–Trinajstić information content (AvgIpc) is 3.34. The molecule has 0 saturated heterocycles. The van der Waals surface area contributed by atoms with Crippen LogP contribution in [0.4, 0.5) is 5.69 Å². The van der Waals surface area contributed by atoms with E-state index in [1.54, 1.807) is 36.7 Å². The molecule has 4 rings (SSSR count). The molecule has 0 radical (unpaired) electrons. The van der Waals surface area contributed by atoms with E-state index in [1.165, 1.54) is 24.3 Å². The average molecular weight is 492 g/mol. The van der Waals surface area contributed by atoms with Crippen LogP contribution in [0.2, 0.25) is 0 Å². The third kappa shape index (κ3) is 5.72. The third-order valence-corrected chi connectivity index (χ3v) is 6.73. The van der Waals surface area contributed by atoms with Crippen LogP contribution in [0, 0.1) is 12.8 Å². The second kappa shape index (κ2) is 10.1. The maximum absolute atomic E-state index is 12.9. The first kappa shape index (κ1) is 24.1. The Labute approximate surface area is 203 Å². The van der Waals surface area contributed by atoms with Crippen molar-refractivity contribution in [1.29, 1.82) is 0 Å². The van der Waals surface area contributed by atoms with Gasteiger partial charge >= 0.3 is 0 Å². The second-order valence-electron chi connectivity index (χ2n) is 8.38. The minimum Gasteiger partial charge on any atom is -0.340 e. The number of aryl methyl sites for hydroxylation is 1. The van der Waals surface area contributed by atoms with Crippen LogP contribution in [-0.4, -0.2) is 29.4 Å². The van der Waals surface area contributed by atoms with Crippen LogP contribution in [0.15, 0.2) is 82.5 Å². The fourth-order valence-corrected chi connectivity index (χ4v) is 4.40. The van der Waals surface area contributed by atoms with Gasteiger partial charge in [-0.15, -0.1) is 0 Å². The van der Waals surface area contributed by atoms with Gasteiger partial charge in [0, 0.05) is 29.2 Å². The topological polar surface area (TPSA) is 127 Å². The molecule has 1 unspecified atom stereocenters. The van der Waals surface area contributed by atoms with Gasteiger partial charge in [-0.05, 0) is 61.4 Å². The molecule has 0 aliphatic carbocycles. The van der Waals surface area contributed by atoms with Gasteiger partial charge in [0.15, 0.2) is 0 Å². The fraction of sp³-hybridized carbons (Fsp3) is 0.200. The number of hydrogen-bond acceptors (Lipinski definition) is 7. The SMILES string of the molecule is Cc1ccc(NS(=O)(=O)c2ccc(C(=O)NC(c3nc(-c4ccncc4)no3)C(C)C)cc2)cc1. The maximum atomic E-state index is 12.9. The Morgan fingerprint density at radius 2 is 1.60 bits per heavy atom. The zero-order valence-electron chi connectivity index (χ0n) is 19.5. The molecule has 0 aliphatic rings. The Hall–Kier alpha value is -4.05. The molecule has 180 valence electrons. The molecular formula is C25H25N5O4S. The molecule has 0 fully saturated rings. The molecule has 2 aromatic heterocycles. The Morgan fingerprint density at radius 1 is 0.943 bits per heavy atom. The number of pyridine rings is 1. The van der Waals surface area contributed by atoms with Crippen molar-refractivity contribution >= 4 is 21.6 Å². The summed E-state index contributed by atoms with van der Waals surface area (Å²) < 4.78 is 33.3. The Morgan fingerprint density at radius 3 is 2.23 bits per heavy atom. The minimum absolute atomic E-state index is 0.0388. The summed E-state index contributed by atoms with van der Waals surface area (Å²) in [4.78, 5) is 21.4. The number of hydrogen-bond donors (Lipinski definition) is 2. The quantitative estimate of drug-likeness (QED) is 0.375. The summed E-state index contributed by atoms with van der Waals surface area (Å²) >= 11 is 0. The molecule has 0 aliphatic heterocycles. The van der Waals surface area contributed by atoms with Crippen molar-refractivity contribution in [1.82, 2.24) is 20.4 Å². The van der Waals surface area contributed by atoms with Crippen LogP contribution >= 0.6 is 0 Å². The molecule has 2 N–H and O–H groups in total. The summed E-state index contributed by atoms with van der Waals surface area (Å²) in [5, 5.41) is 6.91. The predicted octanol–water partition coefficient (Wildman–Crippen LogP) is 4.37. The van der Waals surface area contributed by atoms with Gasteiger partial charge in [-0.1, -0.05) is 36.7 Å². The van der Waals surface area contributed by atoms with Gasteiger partial charge in [-0.2, -0.15) is 4.98 Å². The molecule has 0 saturated carbocycles. The number of carbonyl (C=O) groups is 1. The van der Waals surface area contributed by atoms with Crippen LogP contribution in [0.25, 0.3) is 11.4 Å². The number of aromatic nitrogens is 3. The summed E-state index contributed by atoms with van der Waals surface area (Å²) in [6, 6.07) is 15.7. The maximum Gasteiger partial charge on any atom is 0.261 e. The van der Waals surface area contributed by atoms with Crippen LogP contribution < -0.4 is 10.0 Å². The van der Waals surface area contributed by atoms with Gasteiger partial charge in [0.2, 0.25) is 11.7 Å². The van der Waals surface area contributed by atoms with Gasteiger partial charge in [0.25, 0.3) is 15.9 Å². The second-order valence-corrected chi connectivity index (χ2v) is 10.1. The van der Waals surface area contributed by atoms with Crippen molar-refractivity contribution in [2.24, 2.45) is 5.92 Å². The largest absolute Gasteiger partial charge is 0.340 e. The van der Waals surface area contributed by atoms with E-state index in [0.717, 1.165) is 11.1 Å². The van der Waals surface area contributed by atoms with Crippen molar-refractivity contribution in [2.45, 2.75) is 31.7 Å². The van der Waals surface area contributed by atoms with Gasteiger partial charge < -0.3 is 9.84 Å². The highest BCUT2D eigenvalue weighted by Crippen LogP contribution is 2.24. The molecule has 0 bridgehead atoms. The highest BCUT2D eigenvalue weighted by molar-refractivity contribution is 7.92. The first-order chi connectivity index (χ1) is 16.7. The monoisotopic (exact) mass is 491 g/mol. The summed E-state index contributed by atoms with van der Waals surface area (Å²) in [6.45, 7) is 5.77. The molecule has 9 nitrogen and oxygen atoms in total. The van der Waals surface area contributed by atoms with E-state index < -0.39 is 16.1 Å². The molecular weight excluding hydrogens is 466 g/mol. The summed E-state index contributed by atoms with van der Waals surface area (Å²) in [6.07, 6.45) is 3.26. The van der Waals surface area contributed by atoms with Crippen molar-refractivity contribution in [3.8, 4) is 11.4 Å². The number of rotatable bonds is 8. The Kier molecular flexibility index (Phi) is 6.92. The van der Waals surface area contributed by atoms with E-state index in [-0.39, 0.29) is 22.6 Å². The molecule has 2 aromatic carbocycles. The molecule has 2 heterocycles. The molecule has 1 amide bonds. The summed E-state index contributed by atoms with van der Waals surface area (Å²) in [7, 11) is -3.79. The van der Waals surface area contributed by atoms with E-state index in [4.69, 9.17) is 4.52 Å². The van der Waals surface area contributed by atoms with E-state index in [0.29, 0.717) is 17.1 Å². The molecule has 0 spiro atoms. The van der Waals surface area contributed by atoms with Crippen LogP contribution in [0.5, 0.6) is 0 Å². The molecule has 1 atom stereocenters. The Balaban J connectivity index is 1.47. The standard InChI is InChI=1S/C25H25N5O4S/c1-16(2)22(25-28-23(29-34-25)18-12-14-26-15-13-18)27-24(31)19-6-10-21(11-7-19)35(32,33)30-20-8-4-17(3)5-9-20/h4-16,22,30H,1-3H3,(H,27,31). The molecule has 10 heteroatoms. The van der Waals surface area contributed by atoms with E-state index in [2.05, 4.69) is 25.2 Å². The van der Waals surface area contributed by atoms with Crippen molar-refractivity contribution < 1.29 is 17.7 Å². The van der Waals surface area contributed by atoms with Crippen molar-refractivity contribution in [2.75, 3.05) is 4.72 Å². The first-order valence-corrected chi connectivity index (χ1v) is 12.5. The predicted molar refractivity (Wildman–Crippen MR) is 131 cm³/mol. The zero-order valence-corrected chi connectivity index (χ0v) is 20.3. The first-order valence-electron chi connectivity index (χ1n) is 11.0. The van der Waals surface area contributed by atoms with E-state index >= 15 is 0 Å². The molecule has 4 aromatic rings. The summed E-state index contributed by atoms with van der Waals surface area (Å²) in [5.74, 6) is 0.255. The van der Waals surface area contributed by atoms with Gasteiger partial charge in [-0.25, -0.2) is 8.42 Å². The molecule has 35 heavy (non-hydrogen) atoms. The van der Waals surface area contributed by atoms with Crippen LogP contribution in [-0.2, 0) is 10.0 Å². The normalized spacial score (nSPS) is 12.3. The smallest absolute Gasteiger partial charge is 0.261 e. The highest BCUT2D eigenvalue weighted by Gasteiger charge is 2.26. The number of sulfonamides is 1. The van der Waals surface area contributed by atoms with Gasteiger partial charge in [0.1, 0.15) is 6.04 Å². The lowest BCUT2D eigenvalue weighted by molar-refractivity contribution is 0.0914. The number of nitrogens with one attached hydrogen (secondary N) is 2.